The monoisotopic (exact) mass is 493 g/mol. The van der Waals surface area contributed by atoms with E-state index in [0.29, 0.717) is 42.6 Å². The van der Waals surface area contributed by atoms with Gasteiger partial charge in [-0.15, -0.1) is 0 Å². The van der Waals surface area contributed by atoms with E-state index in [2.05, 4.69) is 34.1 Å². The van der Waals surface area contributed by atoms with Gasteiger partial charge in [-0.1, -0.05) is 35.8 Å². The third-order valence-electron chi connectivity index (χ3n) is 6.84. The second-order valence-electron chi connectivity index (χ2n) is 9.20. The van der Waals surface area contributed by atoms with Gasteiger partial charge in [-0.3, -0.25) is 9.59 Å². The topological polar surface area (TPSA) is 82.8 Å². The molecule has 0 saturated carbocycles. The summed E-state index contributed by atoms with van der Waals surface area (Å²) in [4.78, 5) is 35.8. The average molecular weight is 494 g/mol. The lowest BCUT2D eigenvalue weighted by Gasteiger charge is -2.34. The van der Waals surface area contributed by atoms with Crippen molar-refractivity contribution in [3.05, 3.63) is 65.0 Å². The van der Waals surface area contributed by atoms with E-state index in [-0.39, 0.29) is 17.7 Å². The smallest absolute Gasteiger partial charge is 0.316 e. The highest BCUT2D eigenvalue weighted by Gasteiger charge is 2.29. The summed E-state index contributed by atoms with van der Waals surface area (Å²) in [5.41, 5.74) is 2.46. The summed E-state index contributed by atoms with van der Waals surface area (Å²) in [5, 5.41) is 4.44. The standard InChI is InChI=1S/C26H28ClN5O3/c1-18-10-12-30(13-11-18)20-8-6-19(7-9-20)23-28-24(35-29-23)26(34)32-16-14-31(15-17-32)25(33)21-4-2-3-5-22(21)27/h2-9,18H,10-17H2,1H3. The summed E-state index contributed by atoms with van der Waals surface area (Å²) >= 11 is 6.16. The summed E-state index contributed by atoms with van der Waals surface area (Å²) in [5.74, 6) is 0.671. The lowest BCUT2D eigenvalue weighted by atomic mass is 9.98. The molecule has 182 valence electrons. The number of rotatable bonds is 4. The molecule has 2 amide bonds. The Morgan fingerprint density at radius 3 is 2.17 bits per heavy atom. The minimum atomic E-state index is -0.326. The van der Waals surface area contributed by atoms with E-state index in [1.54, 1.807) is 34.1 Å². The molecule has 0 spiro atoms. The maximum Gasteiger partial charge on any atom is 0.316 e. The number of hydrogen-bond donors (Lipinski definition) is 0. The Hall–Kier alpha value is -3.39. The number of anilines is 1. The summed E-state index contributed by atoms with van der Waals surface area (Å²) in [6.07, 6.45) is 2.42. The van der Waals surface area contributed by atoms with Crippen molar-refractivity contribution < 1.29 is 14.1 Å². The first-order chi connectivity index (χ1) is 17.0. The van der Waals surface area contributed by atoms with E-state index >= 15 is 0 Å². The van der Waals surface area contributed by atoms with Gasteiger partial charge in [-0.05, 0) is 55.2 Å². The quantitative estimate of drug-likeness (QED) is 0.541. The van der Waals surface area contributed by atoms with Crippen molar-refractivity contribution in [1.82, 2.24) is 19.9 Å². The molecule has 2 saturated heterocycles. The van der Waals surface area contributed by atoms with Gasteiger partial charge in [-0.2, -0.15) is 4.98 Å². The van der Waals surface area contributed by atoms with Crippen LogP contribution in [0.1, 0.15) is 40.8 Å². The van der Waals surface area contributed by atoms with Crippen molar-refractivity contribution >= 4 is 29.1 Å². The molecular formula is C26H28ClN5O3. The van der Waals surface area contributed by atoms with E-state index in [0.717, 1.165) is 24.6 Å². The summed E-state index contributed by atoms with van der Waals surface area (Å²) in [6, 6.07) is 15.0. The summed E-state index contributed by atoms with van der Waals surface area (Å²) < 4.78 is 5.29. The van der Waals surface area contributed by atoms with Crippen molar-refractivity contribution in [1.29, 1.82) is 0 Å². The van der Waals surface area contributed by atoms with Gasteiger partial charge in [-0.25, -0.2) is 0 Å². The fourth-order valence-electron chi connectivity index (χ4n) is 4.57. The van der Waals surface area contributed by atoms with E-state index in [4.69, 9.17) is 16.1 Å². The van der Waals surface area contributed by atoms with Gasteiger partial charge in [0.15, 0.2) is 0 Å². The molecule has 2 fully saturated rings. The van der Waals surface area contributed by atoms with Crippen LogP contribution in [0.15, 0.2) is 53.1 Å². The van der Waals surface area contributed by atoms with E-state index in [1.165, 1.54) is 18.5 Å². The SMILES string of the molecule is CC1CCN(c2ccc(-c3noc(C(=O)N4CCN(C(=O)c5ccccc5Cl)CC4)n3)cc2)CC1. The maximum absolute atomic E-state index is 12.9. The predicted molar refractivity (Wildman–Crippen MR) is 134 cm³/mol. The van der Waals surface area contributed by atoms with Crippen LogP contribution in [0, 0.1) is 5.92 Å². The lowest BCUT2D eigenvalue weighted by Crippen LogP contribution is -2.50. The molecule has 2 aliphatic heterocycles. The van der Waals surface area contributed by atoms with Gasteiger partial charge in [0.25, 0.3) is 5.91 Å². The Kier molecular flexibility index (Phi) is 6.72. The molecule has 3 aromatic rings. The normalized spacial score (nSPS) is 17.0. The van der Waals surface area contributed by atoms with Gasteiger partial charge in [0.1, 0.15) is 0 Å². The molecule has 2 aromatic carbocycles. The van der Waals surface area contributed by atoms with Crippen molar-refractivity contribution in [2.75, 3.05) is 44.2 Å². The average Bonchev–Trinajstić information content (AvgIpc) is 3.39. The first-order valence-electron chi connectivity index (χ1n) is 12.0. The number of halogens is 1. The third kappa shape index (κ3) is 5.03. The highest BCUT2D eigenvalue weighted by Crippen LogP contribution is 2.26. The Bertz CT molecular complexity index is 1200. The van der Waals surface area contributed by atoms with Gasteiger partial charge >= 0.3 is 11.8 Å². The van der Waals surface area contributed by atoms with Crippen LogP contribution in [-0.4, -0.2) is 71.0 Å². The Balaban J connectivity index is 1.19. The molecule has 0 atom stereocenters. The van der Waals surface area contributed by atoms with Gasteiger partial charge in [0, 0.05) is 50.5 Å². The molecule has 5 rings (SSSR count). The van der Waals surface area contributed by atoms with Gasteiger partial charge < -0.3 is 19.2 Å². The molecule has 1 aromatic heterocycles. The number of piperazine rings is 1. The molecule has 0 radical (unpaired) electrons. The molecule has 0 aliphatic carbocycles. The van der Waals surface area contributed by atoms with Crippen molar-refractivity contribution in [2.45, 2.75) is 19.8 Å². The third-order valence-corrected chi connectivity index (χ3v) is 7.17. The predicted octanol–water partition coefficient (Wildman–Crippen LogP) is 4.22. The van der Waals surface area contributed by atoms with Crippen LogP contribution < -0.4 is 4.90 Å². The lowest BCUT2D eigenvalue weighted by molar-refractivity contribution is 0.0508. The number of nitrogens with zero attached hydrogens (tertiary/aromatic N) is 5. The van der Waals surface area contributed by atoms with Crippen LogP contribution in [0.25, 0.3) is 11.4 Å². The molecule has 8 nitrogen and oxygen atoms in total. The Labute approximate surface area is 209 Å². The number of carbonyl (C=O) groups is 2. The number of carbonyl (C=O) groups excluding carboxylic acids is 2. The Morgan fingerprint density at radius 1 is 0.886 bits per heavy atom. The molecule has 3 heterocycles. The van der Waals surface area contributed by atoms with Crippen LogP contribution in [0.4, 0.5) is 5.69 Å². The zero-order chi connectivity index (χ0) is 24.4. The Morgan fingerprint density at radius 2 is 1.51 bits per heavy atom. The minimum Gasteiger partial charge on any atom is -0.372 e. The molecule has 9 heteroatoms. The molecule has 35 heavy (non-hydrogen) atoms. The maximum atomic E-state index is 12.9. The van der Waals surface area contributed by atoms with E-state index < -0.39 is 0 Å². The zero-order valence-electron chi connectivity index (χ0n) is 19.7. The van der Waals surface area contributed by atoms with Crippen molar-refractivity contribution in [2.24, 2.45) is 5.92 Å². The van der Waals surface area contributed by atoms with Crippen molar-refractivity contribution in [3.8, 4) is 11.4 Å². The van der Waals surface area contributed by atoms with Crippen LogP contribution in [0.3, 0.4) is 0 Å². The van der Waals surface area contributed by atoms with Gasteiger partial charge in [0.05, 0.1) is 10.6 Å². The highest BCUT2D eigenvalue weighted by atomic mass is 35.5. The van der Waals surface area contributed by atoms with Crippen LogP contribution in [-0.2, 0) is 0 Å². The number of benzene rings is 2. The molecule has 2 aliphatic rings. The van der Waals surface area contributed by atoms with Crippen LogP contribution >= 0.6 is 11.6 Å². The van der Waals surface area contributed by atoms with Gasteiger partial charge in [0.2, 0.25) is 5.82 Å². The summed E-state index contributed by atoms with van der Waals surface area (Å²) in [7, 11) is 0. The molecule has 0 unspecified atom stereocenters. The molecule has 0 N–H and O–H groups in total. The largest absolute Gasteiger partial charge is 0.372 e. The first kappa shape index (κ1) is 23.4. The fraction of sp³-hybridized carbons (Fsp3) is 0.385. The molecular weight excluding hydrogens is 466 g/mol. The summed E-state index contributed by atoms with van der Waals surface area (Å²) in [6.45, 7) is 6.03. The van der Waals surface area contributed by atoms with E-state index in [9.17, 15) is 9.59 Å². The second kappa shape index (κ2) is 10.1. The second-order valence-corrected chi connectivity index (χ2v) is 9.61. The number of hydrogen-bond acceptors (Lipinski definition) is 6. The minimum absolute atomic E-state index is 0.0417. The first-order valence-corrected chi connectivity index (χ1v) is 12.4. The zero-order valence-corrected chi connectivity index (χ0v) is 20.4. The number of piperidine rings is 1. The van der Waals surface area contributed by atoms with E-state index in [1.807, 2.05) is 12.1 Å². The molecule has 0 bridgehead atoms. The highest BCUT2D eigenvalue weighted by molar-refractivity contribution is 6.33. The van der Waals surface area contributed by atoms with Crippen LogP contribution in [0.5, 0.6) is 0 Å². The fourth-order valence-corrected chi connectivity index (χ4v) is 4.79. The van der Waals surface area contributed by atoms with Crippen LogP contribution in [0.2, 0.25) is 5.02 Å². The number of aromatic nitrogens is 2. The number of amides is 2. The van der Waals surface area contributed by atoms with Crippen molar-refractivity contribution in [3.63, 3.8) is 0 Å².